The maximum absolute atomic E-state index is 2.23. The standard InChI is InChI=1S/C6H14.2C5H12.C2H6/c1-3-5-6-4-2;2*1-3-5-4-2;1-2/h3-6H2,1-2H3;2*3-5H2,1-2H3;1-2H3. The van der Waals surface area contributed by atoms with Crippen molar-refractivity contribution in [1.29, 1.82) is 0 Å². The highest BCUT2D eigenvalue weighted by molar-refractivity contribution is 4.31. The zero-order chi connectivity index (χ0) is 15.1. The van der Waals surface area contributed by atoms with E-state index in [9.17, 15) is 0 Å². The van der Waals surface area contributed by atoms with Crippen LogP contribution in [0.5, 0.6) is 0 Å². The molecular weight excluding hydrogens is 216 g/mol. The van der Waals surface area contributed by atoms with E-state index in [1.165, 1.54) is 64.2 Å². The quantitative estimate of drug-likeness (QED) is 0.407. The monoisotopic (exact) mass is 260 g/mol. The van der Waals surface area contributed by atoms with Gasteiger partial charge in [0.2, 0.25) is 0 Å². The van der Waals surface area contributed by atoms with Crippen molar-refractivity contribution in [2.75, 3.05) is 0 Å². The van der Waals surface area contributed by atoms with Crippen LogP contribution in [0, 0.1) is 0 Å². The van der Waals surface area contributed by atoms with Gasteiger partial charge < -0.3 is 0 Å². The fourth-order valence-corrected chi connectivity index (χ4v) is 1.21. The van der Waals surface area contributed by atoms with E-state index < -0.39 is 0 Å². The summed E-state index contributed by atoms with van der Waals surface area (Å²) in [4.78, 5) is 0. The van der Waals surface area contributed by atoms with E-state index in [1.54, 1.807) is 0 Å². The number of rotatable bonds is 7. The van der Waals surface area contributed by atoms with E-state index in [-0.39, 0.29) is 0 Å². The van der Waals surface area contributed by atoms with Crippen molar-refractivity contribution in [3.8, 4) is 0 Å². The molecule has 0 rings (SSSR count). The molecule has 0 radical (unpaired) electrons. The summed E-state index contributed by atoms with van der Waals surface area (Å²) in [5.74, 6) is 0. The lowest BCUT2D eigenvalue weighted by molar-refractivity contribution is 0.702. The Morgan fingerprint density at radius 2 is 0.500 bits per heavy atom. The van der Waals surface area contributed by atoms with E-state index in [4.69, 9.17) is 0 Å². The molecule has 0 heteroatoms. The fraction of sp³-hybridized carbons (Fsp3) is 1.00. The first-order valence-corrected chi connectivity index (χ1v) is 8.74. The van der Waals surface area contributed by atoms with E-state index in [0.29, 0.717) is 0 Å². The van der Waals surface area contributed by atoms with Crippen molar-refractivity contribution in [1.82, 2.24) is 0 Å². The summed E-state index contributed by atoms with van der Waals surface area (Å²) in [5.41, 5.74) is 0. The summed E-state index contributed by atoms with van der Waals surface area (Å²) in [6, 6.07) is 0. The van der Waals surface area contributed by atoms with Crippen LogP contribution in [-0.4, -0.2) is 0 Å². The molecule has 0 nitrogen and oxygen atoms in total. The predicted octanol–water partition coefficient (Wildman–Crippen LogP) is 8.01. The third-order valence-corrected chi connectivity index (χ3v) is 2.37. The number of hydrogen-bond donors (Lipinski definition) is 0. The Balaban J connectivity index is -0.0000000766. The Morgan fingerprint density at radius 3 is 0.556 bits per heavy atom. The van der Waals surface area contributed by atoms with Crippen molar-refractivity contribution in [2.45, 2.75) is 120 Å². The molecule has 0 fully saturated rings. The summed E-state index contributed by atoms with van der Waals surface area (Å²) in [7, 11) is 0. The van der Waals surface area contributed by atoms with E-state index >= 15 is 0 Å². The fourth-order valence-electron chi connectivity index (χ4n) is 1.21. The average Bonchev–Trinajstić information content (AvgIpc) is 2.42. The smallest absolute Gasteiger partial charge is 0.0536 e. The Kier molecular flexibility index (Phi) is 64.2. The molecule has 0 spiro atoms. The van der Waals surface area contributed by atoms with Gasteiger partial charge in [0.05, 0.1) is 0 Å². The van der Waals surface area contributed by atoms with Crippen molar-refractivity contribution in [2.24, 2.45) is 0 Å². The predicted molar refractivity (Wildman–Crippen MR) is 91.6 cm³/mol. The molecular formula is C18H44. The Labute approximate surface area is 120 Å². The molecule has 0 aliphatic heterocycles. The molecule has 0 aromatic carbocycles. The molecule has 0 N–H and O–H groups in total. The van der Waals surface area contributed by atoms with Gasteiger partial charge in [-0.05, 0) is 0 Å². The van der Waals surface area contributed by atoms with Crippen LogP contribution in [-0.2, 0) is 0 Å². The summed E-state index contributed by atoms with van der Waals surface area (Å²) in [6.45, 7) is 17.3. The van der Waals surface area contributed by atoms with Crippen LogP contribution in [0.15, 0.2) is 0 Å². The zero-order valence-corrected chi connectivity index (χ0v) is 15.1. The molecule has 0 saturated carbocycles. The number of hydrogen-bond acceptors (Lipinski definition) is 0. The van der Waals surface area contributed by atoms with Crippen LogP contribution in [0.2, 0.25) is 0 Å². The highest BCUT2D eigenvalue weighted by Crippen LogP contribution is 1.95. The van der Waals surface area contributed by atoms with Gasteiger partial charge in [-0.15, -0.1) is 0 Å². The number of unbranched alkanes of at least 4 members (excludes halogenated alkanes) is 7. The Hall–Kier alpha value is 0. The first-order valence-electron chi connectivity index (χ1n) is 8.74. The highest BCUT2D eigenvalue weighted by Gasteiger charge is 1.75. The lowest BCUT2D eigenvalue weighted by Crippen LogP contribution is -1.66. The van der Waals surface area contributed by atoms with Crippen LogP contribution in [0.4, 0.5) is 0 Å². The normalized spacial score (nSPS) is 8.00. The van der Waals surface area contributed by atoms with Gasteiger partial charge in [-0.1, -0.05) is 120 Å². The molecule has 0 unspecified atom stereocenters. The molecule has 0 saturated heterocycles. The maximum Gasteiger partial charge on any atom is -0.0536 e. The van der Waals surface area contributed by atoms with Crippen LogP contribution < -0.4 is 0 Å². The van der Waals surface area contributed by atoms with Crippen molar-refractivity contribution in [3.05, 3.63) is 0 Å². The molecule has 0 aliphatic carbocycles. The van der Waals surface area contributed by atoms with Crippen molar-refractivity contribution < 1.29 is 0 Å². The second-order valence-electron chi connectivity index (χ2n) is 4.41. The van der Waals surface area contributed by atoms with Gasteiger partial charge in [-0.3, -0.25) is 0 Å². The van der Waals surface area contributed by atoms with Gasteiger partial charge in [-0.2, -0.15) is 0 Å². The summed E-state index contributed by atoms with van der Waals surface area (Å²) >= 11 is 0. The molecule has 0 aromatic rings. The summed E-state index contributed by atoms with van der Waals surface area (Å²) in [6.07, 6.45) is 13.7. The maximum atomic E-state index is 2.23. The van der Waals surface area contributed by atoms with Gasteiger partial charge in [0.1, 0.15) is 0 Å². The largest absolute Gasteiger partial charge is 0.0683 e. The molecule has 0 aromatic heterocycles. The van der Waals surface area contributed by atoms with Gasteiger partial charge in [0.25, 0.3) is 0 Å². The van der Waals surface area contributed by atoms with Gasteiger partial charge in [-0.25, -0.2) is 0 Å². The van der Waals surface area contributed by atoms with E-state index in [2.05, 4.69) is 41.5 Å². The second kappa shape index (κ2) is 43.5. The Bertz CT molecular complexity index is 52.4. The molecule has 0 bridgehead atoms. The third kappa shape index (κ3) is 73.5. The third-order valence-electron chi connectivity index (χ3n) is 2.37. The van der Waals surface area contributed by atoms with Crippen LogP contribution in [0.3, 0.4) is 0 Å². The topological polar surface area (TPSA) is 0 Å². The molecule has 116 valence electrons. The molecule has 18 heavy (non-hydrogen) atoms. The van der Waals surface area contributed by atoms with Crippen LogP contribution in [0.1, 0.15) is 120 Å². The molecule has 0 aliphatic rings. The van der Waals surface area contributed by atoms with Crippen molar-refractivity contribution >= 4 is 0 Å². The summed E-state index contributed by atoms with van der Waals surface area (Å²) < 4.78 is 0. The van der Waals surface area contributed by atoms with E-state index in [0.717, 1.165) is 0 Å². The Morgan fingerprint density at radius 1 is 0.333 bits per heavy atom. The van der Waals surface area contributed by atoms with Crippen molar-refractivity contribution in [3.63, 3.8) is 0 Å². The second-order valence-corrected chi connectivity index (χ2v) is 4.41. The SMILES string of the molecule is CC.CCCCC.CCCCC.CCCCCC. The molecule has 0 amide bonds. The van der Waals surface area contributed by atoms with Gasteiger partial charge in [0, 0.05) is 0 Å². The van der Waals surface area contributed by atoms with Crippen LogP contribution >= 0.6 is 0 Å². The van der Waals surface area contributed by atoms with Gasteiger partial charge in [0.15, 0.2) is 0 Å². The minimum Gasteiger partial charge on any atom is -0.0683 e. The zero-order valence-electron chi connectivity index (χ0n) is 15.1. The highest BCUT2D eigenvalue weighted by atomic mass is 13.8. The first-order chi connectivity index (χ1) is 8.74. The average molecular weight is 261 g/mol. The molecule has 0 atom stereocenters. The summed E-state index contributed by atoms with van der Waals surface area (Å²) in [5, 5.41) is 0. The minimum absolute atomic E-state index is 1.34. The van der Waals surface area contributed by atoms with Crippen LogP contribution in [0.25, 0.3) is 0 Å². The van der Waals surface area contributed by atoms with E-state index in [1.807, 2.05) is 13.8 Å². The lowest BCUT2D eigenvalue weighted by Gasteiger charge is -1.86. The minimum atomic E-state index is 1.34. The first kappa shape index (κ1) is 26.5. The lowest BCUT2D eigenvalue weighted by atomic mass is 10.2. The molecule has 0 heterocycles. The van der Waals surface area contributed by atoms with Gasteiger partial charge >= 0.3 is 0 Å².